The van der Waals surface area contributed by atoms with Gasteiger partial charge in [0.15, 0.2) is 11.6 Å². The Labute approximate surface area is 493 Å². The van der Waals surface area contributed by atoms with E-state index in [2.05, 4.69) is 45.8 Å². The molecule has 0 bridgehead atoms. The molecule has 0 unspecified atom stereocenters. The fourth-order valence-electron chi connectivity index (χ4n) is 10.9. The fourth-order valence-corrected chi connectivity index (χ4v) is 10.9. The van der Waals surface area contributed by atoms with Crippen molar-refractivity contribution in [3.63, 3.8) is 0 Å². The molecule has 6 saturated heterocycles. The number of benzene rings is 4. The number of rotatable bonds is 13. The topological polar surface area (TPSA) is 270 Å². The number of piperidine rings is 2. The Hall–Kier alpha value is -8.62. The first-order valence-corrected chi connectivity index (χ1v) is 29.3. The van der Waals surface area contributed by atoms with Crippen LogP contribution in [0.5, 0.6) is 0 Å². The van der Waals surface area contributed by atoms with Crippen molar-refractivity contribution in [1.82, 2.24) is 39.7 Å². The average molecular weight is 1160 g/mol. The second-order valence-electron chi connectivity index (χ2n) is 21.3. The number of aromatic carboxylic acids is 1. The van der Waals surface area contributed by atoms with Crippen LogP contribution in [0.2, 0.25) is 0 Å². The van der Waals surface area contributed by atoms with E-state index in [0.29, 0.717) is 149 Å². The molecule has 4 aromatic carbocycles. The maximum absolute atomic E-state index is 13.2. The summed E-state index contributed by atoms with van der Waals surface area (Å²) < 4.78 is 22.0. The molecule has 25 nitrogen and oxygen atoms in total. The third-order valence-electron chi connectivity index (χ3n) is 15.6. The Kier molecular flexibility index (Phi) is 19.4. The van der Waals surface area contributed by atoms with Crippen LogP contribution in [0.15, 0.2) is 97.1 Å². The van der Waals surface area contributed by atoms with Crippen molar-refractivity contribution < 1.29 is 43.2 Å². The lowest BCUT2D eigenvalue weighted by molar-refractivity contribution is 0.0589. The van der Waals surface area contributed by atoms with Crippen molar-refractivity contribution in [3.8, 4) is 22.8 Å². The largest absolute Gasteiger partial charge is 0.478 e. The van der Waals surface area contributed by atoms with E-state index in [4.69, 9.17) is 54.0 Å². The van der Waals surface area contributed by atoms with Gasteiger partial charge in [-0.15, -0.1) is 0 Å². The lowest BCUT2D eigenvalue weighted by atomic mass is 9.99. The number of aromatic nitrogens is 6. The molecule has 5 amide bonds. The number of carboxylic acid groups (broad SMARTS) is 1. The molecule has 85 heavy (non-hydrogen) atoms. The number of urea groups is 2. The first-order valence-electron chi connectivity index (χ1n) is 29.3. The van der Waals surface area contributed by atoms with E-state index >= 15 is 0 Å². The fraction of sp³-hybridized carbons (Fsp3) is 0.433. The number of nitrogens with one attached hydrogen (secondary N) is 4. The van der Waals surface area contributed by atoms with Crippen molar-refractivity contribution in [2.24, 2.45) is 0 Å². The van der Waals surface area contributed by atoms with Crippen molar-refractivity contribution in [1.29, 1.82) is 0 Å². The van der Waals surface area contributed by atoms with Gasteiger partial charge in [0.1, 0.15) is 0 Å². The molecule has 5 N–H and O–H groups in total. The molecule has 25 heteroatoms. The van der Waals surface area contributed by atoms with Gasteiger partial charge in [-0.3, -0.25) is 4.79 Å². The highest BCUT2D eigenvalue weighted by molar-refractivity contribution is 6.01. The standard InChI is InChI=1S/C35H45N9O4.C25H27N7O5/c45-32(42-16-12-30(13-17-42)41-14-2-1-3-15-41)27-6-10-29(11-7-27)37-35(46)36-28-8-4-26(5-9-28)31-38-33(43-18-22-47-23-19-43)40-34(39-31)44-20-24-48-25-21-44;33-22(34)18-3-7-20(8-4-18)27-25(35)26-19-5-1-17(2-6-19)21-28-23(31-9-13-36-14-10-31)30-24(29-21)32-11-15-37-16-12-32/h4-11,30H,1-3,12-25H2,(H2,36,37,46);1-8H,9-16H2,(H,33,34)(H2,26,27,35). The molecule has 0 radical (unpaired) electrons. The Bertz CT molecular complexity index is 3120. The molecular formula is C60H72N16O9. The second kappa shape index (κ2) is 28.3. The summed E-state index contributed by atoms with van der Waals surface area (Å²) in [5.74, 6) is 2.65. The third-order valence-corrected chi connectivity index (χ3v) is 15.6. The molecule has 6 aliphatic heterocycles. The molecular weight excluding hydrogens is 1090 g/mol. The predicted octanol–water partition coefficient (Wildman–Crippen LogP) is 6.50. The van der Waals surface area contributed by atoms with Gasteiger partial charge < -0.3 is 74.7 Å². The van der Waals surface area contributed by atoms with Gasteiger partial charge in [-0.2, -0.15) is 29.9 Å². The monoisotopic (exact) mass is 1160 g/mol. The van der Waals surface area contributed by atoms with E-state index in [1.165, 1.54) is 56.6 Å². The number of likely N-dealkylation sites (tertiary alicyclic amines) is 2. The van der Waals surface area contributed by atoms with Gasteiger partial charge in [0, 0.05) is 111 Å². The molecule has 8 heterocycles. The van der Waals surface area contributed by atoms with Gasteiger partial charge in [-0.1, -0.05) is 6.42 Å². The van der Waals surface area contributed by atoms with E-state index in [9.17, 15) is 19.2 Å². The molecule has 6 aliphatic rings. The van der Waals surface area contributed by atoms with Crippen LogP contribution < -0.4 is 40.9 Å². The summed E-state index contributed by atoms with van der Waals surface area (Å²) >= 11 is 0. The molecule has 0 spiro atoms. The molecule has 6 aromatic rings. The normalized spacial score (nSPS) is 18.0. The Morgan fingerprint density at radius 2 is 0.706 bits per heavy atom. The van der Waals surface area contributed by atoms with Gasteiger partial charge in [0.05, 0.1) is 58.4 Å². The van der Waals surface area contributed by atoms with Crippen LogP contribution in [0.1, 0.15) is 52.8 Å². The number of ether oxygens (including phenoxy) is 4. The van der Waals surface area contributed by atoms with E-state index in [1.807, 2.05) is 41.3 Å². The van der Waals surface area contributed by atoms with Gasteiger partial charge in [-0.25, -0.2) is 14.4 Å². The highest BCUT2D eigenvalue weighted by Gasteiger charge is 2.29. The highest BCUT2D eigenvalue weighted by atomic mass is 16.5. The van der Waals surface area contributed by atoms with E-state index in [-0.39, 0.29) is 17.5 Å². The van der Waals surface area contributed by atoms with Gasteiger partial charge in [-0.05, 0) is 136 Å². The second-order valence-corrected chi connectivity index (χ2v) is 21.3. The van der Waals surface area contributed by atoms with Crippen molar-refractivity contribution in [3.05, 3.63) is 108 Å². The van der Waals surface area contributed by atoms with E-state index in [0.717, 1.165) is 63.2 Å². The molecule has 0 saturated carbocycles. The Morgan fingerprint density at radius 3 is 1.04 bits per heavy atom. The lowest BCUT2D eigenvalue weighted by Crippen LogP contribution is -2.48. The molecule has 12 rings (SSSR count). The maximum atomic E-state index is 13.2. The average Bonchev–Trinajstić information content (AvgIpc) is 3.59. The minimum atomic E-state index is -1.02. The number of hydrogen-bond donors (Lipinski definition) is 5. The lowest BCUT2D eigenvalue weighted by Gasteiger charge is -2.40. The summed E-state index contributed by atoms with van der Waals surface area (Å²) in [5.41, 5.74) is 4.71. The van der Waals surface area contributed by atoms with Crippen LogP contribution in [-0.4, -0.2) is 206 Å². The number of nitrogens with zero attached hydrogens (tertiary/aromatic N) is 12. The summed E-state index contributed by atoms with van der Waals surface area (Å²) in [4.78, 5) is 91.0. The Balaban J connectivity index is 0.000000183. The molecule has 6 fully saturated rings. The van der Waals surface area contributed by atoms with Crippen LogP contribution in [-0.2, 0) is 18.9 Å². The van der Waals surface area contributed by atoms with E-state index < -0.39 is 12.0 Å². The summed E-state index contributed by atoms with van der Waals surface area (Å²) in [7, 11) is 0. The minimum Gasteiger partial charge on any atom is -0.478 e. The number of anilines is 8. The number of morpholine rings is 4. The number of carbonyl (C=O) groups excluding carboxylic acids is 3. The first kappa shape index (κ1) is 58.2. The quantitative estimate of drug-likeness (QED) is 0.0826. The number of amides is 5. The van der Waals surface area contributed by atoms with Gasteiger partial charge >= 0.3 is 18.0 Å². The molecule has 446 valence electrons. The third kappa shape index (κ3) is 15.6. The van der Waals surface area contributed by atoms with Crippen LogP contribution >= 0.6 is 0 Å². The van der Waals surface area contributed by atoms with Crippen molar-refractivity contribution in [2.45, 2.75) is 38.1 Å². The van der Waals surface area contributed by atoms with Crippen LogP contribution in [0.3, 0.4) is 0 Å². The number of carboxylic acids is 1. The minimum absolute atomic E-state index is 0.0514. The zero-order chi connectivity index (χ0) is 58.3. The zero-order valence-corrected chi connectivity index (χ0v) is 47.6. The van der Waals surface area contributed by atoms with Crippen LogP contribution in [0, 0.1) is 0 Å². The predicted molar refractivity (Wildman–Crippen MR) is 322 cm³/mol. The van der Waals surface area contributed by atoms with Gasteiger partial charge in [0.25, 0.3) is 5.91 Å². The summed E-state index contributed by atoms with van der Waals surface area (Å²) in [6, 6.07) is 27.5. The molecule has 2 aromatic heterocycles. The number of hydrogen-bond acceptors (Lipinski definition) is 19. The highest BCUT2D eigenvalue weighted by Crippen LogP contribution is 2.28. The van der Waals surface area contributed by atoms with Crippen LogP contribution in [0.25, 0.3) is 22.8 Å². The smallest absolute Gasteiger partial charge is 0.335 e. The van der Waals surface area contributed by atoms with E-state index in [1.54, 1.807) is 36.4 Å². The molecule has 0 atom stereocenters. The first-order chi connectivity index (χ1) is 41.6. The van der Waals surface area contributed by atoms with Crippen molar-refractivity contribution in [2.75, 3.05) is 172 Å². The maximum Gasteiger partial charge on any atom is 0.335 e. The summed E-state index contributed by atoms with van der Waals surface area (Å²) in [5, 5.41) is 20.2. The zero-order valence-electron chi connectivity index (χ0n) is 47.6. The number of carbonyl (C=O) groups is 4. The Morgan fingerprint density at radius 1 is 0.388 bits per heavy atom. The van der Waals surface area contributed by atoms with Gasteiger partial charge in [0.2, 0.25) is 23.8 Å². The summed E-state index contributed by atoms with van der Waals surface area (Å²) in [6.45, 7) is 14.7. The van der Waals surface area contributed by atoms with Crippen molar-refractivity contribution >= 4 is 70.5 Å². The summed E-state index contributed by atoms with van der Waals surface area (Å²) in [6.07, 6.45) is 5.99. The molecule has 0 aliphatic carbocycles. The van der Waals surface area contributed by atoms with Crippen LogP contribution in [0.4, 0.5) is 56.1 Å². The SMILES string of the molecule is O=C(Nc1ccc(C(=O)N2CCC(N3CCCCC3)CC2)cc1)Nc1ccc(-c2nc(N3CCOCC3)nc(N3CCOCC3)n2)cc1.O=C(Nc1ccc(C(=O)O)cc1)Nc1ccc(-c2nc(N3CCOCC3)nc(N3CCOCC3)n2)cc1.